The van der Waals surface area contributed by atoms with E-state index in [1.807, 2.05) is 25.1 Å². The van der Waals surface area contributed by atoms with Crippen molar-refractivity contribution in [2.24, 2.45) is 12.8 Å². The predicted octanol–water partition coefficient (Wildman–Crippen LogP) is 1.09. The Hall–Kier alpha value is -1.85. The topological polar surface area (TPSA) is 60.5 Å². The highest BCUT2D eigenvalue weighted by molar-refractivity contribution is 5.91. The molecule has 5 nitrogen and oxygen atoms in total. The number of anilines is 1. The molecule has 0 saturated carbocycles. The molecule has 0 amide bonds. The molecule has 1 aliphatic heterocycles. The molecule has 0 radical (unpaired) electrons. The standard InChI is InChI=1S/C16H21N3O2/c1-11(17)15-10-19(7-8-21-15)14-9-16(20)18(2)13-6-4-3-5-12(13)14/h3-6,9,11,15H,7-8,10,17H2,1-2H3. The van der Waals surface area contributed by atoms with E-state index in [4.69, 9.17) is 10.5 Å². The number of para-hydroxylation sites is 1. The van der Waals surface area contributed by atoms with Gasteiger partial charge in [0.05, 0.1) is 23.9 Å². The van der Waals surface area contributed by atoms with Gasteiger partial charge in [-0.3, -0.25) is 4.79 Å². The summed E-state index contributed by atoms with van der Waals surface area (Å²) in [6.45, 7) is 4.08. The minimum Gasteiger partial charge on any atom is -0.373 e. The minimum atomic E-state index is -0.0226. The molecule has 1 aromatic carbocycles. The Kier molecular flexibility index (Phi) is 3.69. The minimum absolute atomic E-state index is 0.00145. The SMILES string of the molecule is CC(N)C1CN(c2cc(=O)n(C)c3ccccc23)CCO1. The lowest BCUT2D eigenvalue weighted by Gasteiger charge is -2.36. The number of fused-ring (bicyclic) bond motifs is 1. The van der Waals surface area contributed by atoms with Crippen LogP contribution in [0.1, 0.15) is 6.92 Å². The van der Waals surface area contributed by atoms with Crippen LogP contribution in [0.15, 0.2) is 35.1 Å². The first kappa shape index (κ1) is 14.1. The fourth-order valence-corrected chi connectivity index (χ4v) is 2.87. The molecule has 112 valence electrons. The van der Waals surface area contributed by atoms with Crippen LogP contribution in [0.5, 0.6) is 0 Å². The number of aryl methyl sites for hydroxylation is 1. The molecule has 2 N–H and O–H groups in total. The van der Waals surface area contributed by atoms with Gasteiger partial charge in [-0.25, -0.2) is 0 Å². The molecular formula is C16H21N3O2. The van der Waals surface area contributed by atoms with Crippen molar-refractivity contribution in [3.8, 4) is 0 Å². The van der Waals surface area contributed by atoms with Crippen molar-refractivity contribution in [2.75, 3.05) is 24.6 Å². The Morgan fingerprint density at radius 2 is 2.14 bits per heavy atom. The van der Waals surface area contributed by atoms with Gasteiger partial charge in [0.1, 0.15) is 0 Å². The average Bonchev–Trinajstić information content (AvgIpc) is 2.51. The van der Waals surface area contributed by atoms with Gasteiger partial charge < -0.3 is 19.9 Å². The zero-order valence-electron chi connectivity index (χ0n) is 12.5. The summed E-state index contributed by atoms with van der Waals surface area (Å²) in [5.74, 6) is 0. The van der Waals surface area contributed by atoms with E-state index >= 15 is 0 Å². The first-order chi connectivity index (χ1) is 10.1. The molecule has 0 bridgehead atoms. The van der Waals surface area contributed by atoms with Crippen LogP contribution in [-0.4, -0.2) is 36.4 Å². The number of hydrogen-bond acceptors (Lipinski definition) is 4. The molecule has 0 aliphatic carbocycles. The van der Waals surface area contributed by atoms with Gasteiger partial charge in [-0.1, -0.05) is 18.2 Å². The molecule has 2 atom stereocenters. The van der Waals surface area contributed by atoms with E-state index in [9.17, 15) is 4.79 Å². The lowest BCUT2D eigenvalue weighted by Crippen LogP contribution is -2.50. The van der Waals surface area contributed by atoms with Crippen LogP contribution >= 0.6 is 0 Å². The average molecular weight is 287 g/mol. The first-order valence-corrected chi connectivity index (χ1v) is 7.29. The molecule has 21 heavy (non-hydrogen) atoms. The van der Waals surface area contributed by atoms with Crippen molar-refractivity contribution in [3.05, 3.63) is 40.7 Å². The number of benzene rings is 1. The van der Waals surface area contributed by atoms with Crippen LogP contribution in [0.25, 0.3) is 10.9 Å². The zero-order valence-corrected chi connectivity index (χ0v) is 12.5. The number of aromatic nitrogens is 1. The molecule has 2 unspecified atom stereocenters. The summed E-state index contributed by atoms with van der Waals surface area (Å²) in [4.78, 5) is 14.4. The van der Waals surface area contributed by atoms with Gasteiger partial charge in [-0.15, -0.1) is 0 Å². The van der Waals surface area contributed by atoms with Crippen molar-refractivity contribution in [2.45, 2.75) is 19.1 Å². The van der Waals surface area contributed by atoms with E-state index in [0.717, 1.165) is 29.7 Å². The fourth-order valence-electron chi connectivity index (χ4n) is 2.87. The number of nitrogens with two attached hydrogens (primary N) is 1. The highest BCUT2D eigenvalue weighted by Crippen LogP contribution is 2.26. The van der Waals surface area contributed by atoms with Crippen molar-refractivity contribution in [3.63, 3.8) is 0 Å². The van der Waals surface area contributed by atoms with Gasteiger partial charge in [-0.05, 0) is 13.0 Å². The van der Waals surface area contributed by atoms with Crippen LogP contribution in [0.4, 0.5) is 5.69 Å². The Labute approximate surface area is 123 Å². The Balaban J connectivity index is 2.08. The predicted molar refractivity (Wildman–Crippen MR) is 84.8 cm³/mol. The summed E-state index contributed by atoms with van der Waals surface area (Å²) in [5.41, 5.74) is 7.89. The van der Waals surface area contributed by atoms with E-state index in [1.54, 1.807) is 17.7 Å². The van der Waals surface area contributed by atoms with Crippen molar-refractivity contribution >= 4 is 16.6 Å². The molecule has 0 spiro atoms. The number of morpholine rings is 1. The summed E-state index contributed by atoms with van der Waals surface area (Å²) in [5, 5.41) is 1.09. The van der Waals surface area contributed by atoms with Gasteiger partial charge in [0.2, 0.25) is 0 Å². The number of rotatable bonds is 2. The Bertz CT molecular complexity index is 708. The van der Waals surface area contributed by atoms with E-state index < -0.39 is 0 Å². The van der Waals surface area contributed by atoms with Gasteiger partial charge in [0, 0.05) is 37.6 Å². The molecule has 1 aromatic heterocycles. The van der Waals surface area contributed by atoms with E-state index in [2.05, 4.69) is 11.0 Å². The molecule has 1 fully saturated rings. The molecule has 3 rings (SSSR count). The number of ether oxygens (including phenoxy) is 1. The summed E-state index contributed by atoms with van der Waals surface area (Å²) in [6.07, 6.45) is 0.00145. The van der Waals surface area contributed by atoms with Gasteiger partial charge in [0.25, 0.3) is 5.56 Å². The Morgan fingerprint density at radius 3 is 2.90 bits per heavy atom. The van der Waals surface area contributed by atoms with Gasteiger partial charge >= 0.3 is 0 Å². The Morgan fingerprint density at radius 1 is 1.38 bits per heavy atom. The van der Waals surface area contributed by atoms with Crippen molar-refractivity contribution in [1.29, 1.82) is 0 Å². The van der Waals surface area contributed by atoms with Crippen molar-refractivity contribution in [1.82, 2.24) is 4.57 Å². The number of nitrogens with zero attached hydrogens (tertiary/aromatic N) is 2. The van der Waals surface area contributed by atoms with Crippen LogP contribution in [0, 0.1) is 0 Å². The third kappa shape index (κ3) is 2.54. The highest BCUT2D eigenvalue weighted by atomic mass is 16.5. The van der Waals surface area contributed by atoms with Crippen LogP contribution < -0.4 is 16.2 Å². The lowest BCUT2D eigenvalue weighted by molar-refractivity contribution is 0.0277. The molecule has 2 aromatic rings. The first-order valence-electron chi connectivity index (χ1n) is 7.29. The second-order valence-electron chi connectivity index (χ2n) is 5.66. The van der Waals surface area contributed by atoms with Gasteiger partial charge in [-0.2, -0.15) is 0 Å². The van der Waals surface area contributed by atoms with E-state index in [-0.39, 0.29) is 17.7 Å². The molecule has 1 aliphatic rings. The number of pyridine rings is 1. The highest BCUT2D eigenvalue weighted by Gasteiger charge is 2.25. The maximum absolute atomic E-state index is 12.2. The largest absolute Gasteiger partial charge is 0.373 e. The summed E-state index contributed by atoms with van der Waals surface area (Å²) >= 11 is 0. The quantitative estimate of drug-likeness (QED) is 0.898. The molecule has 2 heterocycles. The van der Waals surface area contributed by atoms with Crippen LogP contribution in [0.3, 0.4) is 0 Å². The third-order valence-corrected chi connectivity index (χ3v) is 4.15. The maximum Gasteiger partial charge on any atom is 0.252 e. The monoisotopic (exact) mass is 287 g/mol. The fraction of sp³-hybridized carbons (Fsp3) is 0.438. The molecule has 1 saturated heterocycles. The molecule has 5 heteroatoms. The van der Waals surface area contributed by atoms with E-state index in [1.165, 1.54) is 0 Å². The lowest BCUT2D eigenvalue weighted by atomic mass is 10.1. The summed E-state index contributed by atoms with van der Waals surface area (Å²) < 4.78 is 7.39. The van der Waals surface area contributed by atoms with E-state index in [0.29, 0.717) is 6.61 Å². The third-order valence-electron chi connectivity index (χ3n) is 4.15. The van der Waals surface area contributed by atoms with Crippen LogP contribution in [-0.2, 0) is 11.8 Å². The molecular weight excluding hydrogens is 266 g/mol. The smallest absolute Gasteiger partial charge is 0.252 e. The maximum atomic E-state index is 12.2. The van der Waals surface area contributed by atoms with Gasteiger partial charge in [0.15, 0.2) is 0 Å². The van der Waals surface area contributed by atoms with Crippen LogP contribution in [0.2, 0.25) is 0 Å². The zero-order chi connectivity index (χ0) is 15.0. The second kappa shape index (κ2) is 5.50. The van der Waals surface area contributed by atoms with Crippen molar-refractivity contribution < 1.29 is 4.74 Å². The number of hydrogen-bond donors (Lipinski definition) is 1. The second-order valence-corrected chi connectivity index (χ2v) is 5.66. The summed E-state index contributed by atoms with van der Waals surface area (Å²) in [7, 11) is 1.80. The summed E-state index contributed by atoms with van der Waals surface area (Å²) in [6, 6.07) is 9.68. The normalized spacial score (nSPS) is 20.7.